The van der Waals surface area contributed by atoms with Crippen LogP contribution in [0, 0.1) is 5.92 Å². The first-order chi connectivity index (χ1) is 12.7. The van der Waals surface area contributed by atoms with Gasteiger partial charge in [0.05, 0.1) is 0 Å². The number of rotatable bonds is 11. The van der Waals surface area contributed by atoms with Crippen LogP contribution in [0.1, 0.15) is 84.4 Å². The van der Waals surface area contributed by atoms with E-state index < -0.39 is 6.04 Å². The Balaban J connectivity index is 2.56. The number of allylic oxidation sites excluding steroid dienone is 2. The molecule has 1 aromatic heterocycles. The van der Waals surface area contributed by atoms with Gasteiger partial charge >= 0.3 is 0 Å². The lowest BCUT2D eigenvalue weighted by Crippen LogP contribution is -2.44. The van der Waals surface area contributed by atoms with E-state index in [1.165, 1.54) is 16.9 Å². The van der Waals surface area contributed by atoms with Gasteiger partial charge in [0.1, 0.15) is 6.04 Å². The van der Waals surface area contributed by atoms with Crippen LogP contribution in [0.15, 0.2) is 17.8 Å². The van der Waals surface area contributed by atoms with Gasteiger partial charge in [-0.2, -0.15) is 0 Å². The number of thiazole rings is 1. The highest BCUT2D eigenvalue weighted by atomic mass is 32.1. The Morgan fingerprint density at radius 2 is 1.93 bits per heavy atom. The van der Waals surface area contributed by atoms with Crippen LogP contribution >= 0.6 is 11.3 Å². The molecule has 2 amide bonds. The molecule has 0 radical (unpaired) electrons. The maximum absolute atomic E-state index is 12.6. The Labute approximate surface area is 168 Å². The molecule has 0 aliphatic carbocycles. The van der Waals surface area contributed by atoms with Crippen LogP contribution in [-0.2, 0) is 9.59 Å². The SMILES string of the molecule is CCCC(NC(=O)CC(C)CCC=C(C)C)C(=O)Nc1ncc(C(C)C)s1. The highest BCUT2D eigenvalue weighted by molar-refractivity contribution is 7.15. The van der Waals surface area contributed by atoms with Crippen molar-refractivity contribution < 1.29 is 9.59 Å². The Morgan fingerprint density at radius 1 is 1.22 bits per heavy atom. The minimum Gasteiger partial charge on any atom is -0.344 e. The first-order valence-electron chi connectivity index (χ1n) is 9.92. The van der Waals surface area contributed by atoms with Gasteiger partial charge in [0.25, 0.3) is 0 Å². The summed E-state index contributed by atoms with van der Waals surface area (Å²) in [5.74, 6) is 0.424. The molecule has 1 aromatic rings. The van der Waals surface area contributed by atoms with Crippen molar-refractivity contribution in [2.24, 2.45) is 5.92 Å². The third kappa shape index (κ3) is 9.18. The summed E-state index contributed by atoms with van der Waals surface area (Å²) in [5.41, 5.74) is 1.30. The average molecular weight is 394 g/mol. The van der Waals surface area contributed by atoms with Gasteiger partial charge in [-0.25, -0.2) is 4.98 Å². The smallest absolute Gasteiger partial charge is 0.248 e. The molecular formula is C21H35N3O2S. The highest BCUT2D eigenvalue weighted by Crippen LogP contribution is 2.25. The van der Waals surface area contributed by atoms with Gasteiger partial charge in [-0.15, -0.1) is 11.3 Å². The molecule has 5 nitrogen and oxygen atoms in total. The van der Waals surface area contributed by atoms with Crippen LogP contribution in [0.4, 0.5) is 5.13 Å². The second kappa shape index (κ2) is 11.9. The quantitative estimate of drug-likeness (QED) is 0.504. The van der Waals surface area contributed by atoms with Crippen molar-refractivity contribution in [3.05, 3.63) is 22.7 Å². The van der Waals surface area contributed by atoms with Crippen molar-refractivity contribution in [2.45, 2.75) is 85.6 Å². The van der Waals surface area contributed by atoms with Crippen molar-refractivity contribution in [1.29, 1.82) is 0 Å². The first-order valence-corrected chi connectivity index (χ1v) is 10.7. The summed E-state index contributed by atoms with van der Waals surface area (Å²) >= 11 is 1.48. The number of hydrogen-bond donors (Lipinski definition) is 2. The fourth-order valence-electron chi connectivity index (χ4n) is 2.69. The molecule has 0 spiro atoms. The van der Waals surface area contributed by atoms with E-state index in [-0.39, 0.29) is 11.8 Å². The number of carbonyl (C=O) groups excluding carboxylic acids is 2. The minimum absolute atomic E-state index is 0.0599. The zero-order chi connectivity index (χ0) is 20.4. The number of anilines is 1. The van der Waals surface area contributed by atoms with Gasteiger partial charge in [-0.3, -0.25) is 9.59 Å². The van der Waals surface area contributed by atoms with Gasteiger partial charge in [-0.05, 0) is 44.9 Å². The maximum Gasteiger partial charge on any atom is 0.248 e. The molecule has 152 valence electrons. The molecule has 6 heteroatoms. The zero-order valence-electron chi connectivity index (χ0n) is 17.6. The Hall–Kier alpha value is -1.69. The summed E-state index contributed by atoms with van der Waals surface area (Å²) in [6, 6.07) is -0.515. The lowest BCUT2D eigenvalue weighted by molar-refractivity contribution is -0.127. The van der Waals surface area contributed by atoms with Gasteiger partial charge in [0.2, 0.25) is 11.8 Å². The number of amides is 2. The normalized spacial score (nSPS) is 13.1. The number of hydrogen-bond acceptors (Lipinski definition) is 4. The zero-order valence-corrected chi connectivity index (χ0v) is 18.4. The molecule has 1 rings (SSSR count). The minimum atomic E-state index is -0.515. The molecule has 2 atom stereocenters. The van der Waals surface area contributed by atoms with Crippen molar-refractivity contribution in [1.82, 2.24) is 10.3 Å². The maximum atomic E-state index is 12.6. The Bertz CT molecular complexity index is 633. The predicted octanol–water partition coefficient (Wildman–Crippen LogP) is 5.26. The lowest BCUT2D eigenvalue weighted by Gasteiger charge is -2.18. The number of nitrogens with zero attached hydrogens (tertiary/aromatic N) is 1. The summed E-state index contributed by atoms with van der Waals surface area (Å²) in [4.78, 5) is 30.3. The molecule has 0 aromatic carbocycles. The van der Waals surface area contributed by atoms with E-state index in [0.29, 0.717) is 29.8 Å². The number of aromatic nitrogens is 1. The van der Waals surface area contributed by atoms with Crippen LogP contribution in [0.3, 0.4) is 0 Å². The molecule has 0 fully saturated rings. The Kier molecular flexibility index (Phi) is 10.3. The third-order valence-corrected chi connectivity index (χ3v) is 5.51. The van der Waals surface area contributed by atoms with Gasteiger partial charge < -0.3 is 10.6 Å². The molecule has 0 bridgehead atoms. The van der Waals surface area contributed by atoms with Crippen molar-refractivity contribution >= 4 is 28.3 Å². The molecule has 1 heterocycles. The number of carbonyl (C=O) groups is 2. The van der Waals surface area contributed by atoms with Crippen LogP contribution in [0.5, 0.6) is 0 Å². The van der Waals surface area contributed by atoms with Crippen LogP contribution in [-0.4, -0.2) is 22.8 Å². The standard InChI is InChI=1S/C21H35N3O2S/c1-7-9-17(20(26)24-21-22-13-18(27-21)15(4)5)23-19(25)12-16(6)11-8-10-14(2)3/h10,13,15-17H,7-9,11-12H2,1-6H3,(H,23,25)(H,22,24,26). The molecule has 0 saturated carbocycles. The molecule has 0 saturated heterocycles. The largest absolute Gasteiger partial charge is 0.344 e. The van der Waals surface area contributed by atoms with Gasteiger partial charge in [0.15, 0.2) is 5.13 Å². The molecular weight excluding hydrogens is 358 g/mol. The second-order valence-corrected chi connectivity index (χ2v) is 8.85. The second-order valence-electron chi connectivity index (χ2n) is 7.79. The highest BCUT2D eigenvalue weighted by Gasteiger charge is 2.22. The van der Waals surface area contributed by atoms with E-state index in [4.69, 9.17) is 0 Å². The third-order valence-electron chi connectivity index (χ3n) is 4.30. The molecule has 27 heavy (non-hydrogen) atoms. The van der Waals surface area contributed by atoms with Crippen LogP contribution in [0.25, 0.3) is 0 Å². The van der Waals surface area contributed by atoms with E-state index in [0.717, 1.165) is 24.1 Å². The van der Waals surface area contributed by atoms with Crippen molar-refractivity contribution in [3.8, 4) is 0 Å². The molecule has 0 aliphatic rings. The first kappa shape index (κ1) is 23.3. The topological polar surface area (TPSA) is 71.1 Å². The fourth-order valence-corrected chi connectivity index (χ4v) is 3.51. The molecule has 2 N–H and O–H groups in total. The Morgan fingerprint density at radius 3 is 2.48 bits per heavy atom. The van der Waals surface area contributed by atoms with Crippen molar-refractivity contribution in [3.63, 3.8) is 0 Å². The van der Waals surface area contributed by atoms with E-state index >= 15 is 0 Å². The van der Waals surface area contributed by atoms with Crippen LogP contribution in [0.2, 0.25) is 0 Å². The van der Waals surface area contributed by atoms with Crippen LogP contribution < -0.4 is 10.6 Å². The number of nitrogens with one attached hydrogen (secondary N) is 2. The van der Waals surface area contributed by atoms with Crippen molar-refractivity contribution in [2.75, 3.05) is 5.32 Å². The van der Waals surface area contributed by atoms with E-state index in [1.807, 2.05) is 6.92 Å². The summed E-state index contributed by atoms with van der Waals surface area (Å²) in [6.07, 6.45) is 7.83. The fraction of sp³-hybridized carbons (Fsp3) is 0.667. The van der Waals surface area contributed by atoms with E-state index in [2.05, 4.69) is 56.3 Å². The summed E-state index contributed by atoms with van der Waals surface area (Å²) in [5, 5.41) is 6.35. The average Bonchev–Trinajstić information content (AvgIpc) is 3.02. The van der Waals surface area contributed by atoms with E-state index in [9.17, 15) is 9.59 Å². The molecule has 2 unspecified atom stereocenters. The summed E-state index contributed by atoms with van der Waals surface area (Å²) in [7, 11) is 0. The predicted molar refractivity (Wildman–Crippen MR) is 114 cm³/mol. The monoisotopic (exact) mass is 393 g/mol. The van der Waals surface area contributed by atoms with E-state index in [1.54, 1.807) is 6.20 Å². The lowest BCUT2D eigenvalue weighted by atomic mass is 10.00. The van der Waals surface area contributed by atoms with Gasteiger partial charge in [-0.1, -0.05) is 45.8 Å². The summed E-state index contributed by atoms with van der Waals surface area (Å²) in [6.45, 7) is 12.4. The molecule has 0 aliphatic heterocycles. The van der Waals surface area contributed by atoms with Gasteiger partial charge in [0, 0.05) is 17.5 Å². The summed E-state index contributed by atoms with van der Waals surface area (Å²) < 4.78 is 0.